The van der Waals surface area contributed by atoms with Crippen molar-refractivity contribution in [3.8, 4) is 0 Å². The Morgan fingerprint density at radius 2 is 1.70 bits per heavy atom. The van der Waals surface area contributed by atoms with Crippen LogP contribution in [0.2, 0.25) is 0 Å². The largest absolute Gasteiger partial charge is 0.321 e. The van der Waals surface area contributed by atoms with Crippen molar-refractivity contribution >= 4 is 33.2 Å². The van der Waals surface area contributed by atoms with Crippen LogP contribution in [0, 0.1) is 13.8 Å². The summed E-state index contributed by atoms with van der Waals surface area (Å²) in [6.07, 6.45) is 4.66. The summed E-state index contributed by atoms with van der Waals surface area (Å²) in [6, 6.07) is 11.2. The second-order valence-electron chi connectivity index (χ2n) is 6.59. The fourth-order valence-electron chi connectivity index (χ4n) is 3.03. The third-order valence-corrected chi connectivity index (χ3v) is 5.79. The van der Waals surface area contributed by atoms with Gasteiger partial charge in [-0.2, -0.15) is 0 Å². The van der Waals surface area contributed by atoms with Gasteiger partial charge in [-0.1, -0.05) is 6.07 Å². The quantitative estimate of drug-likeness (QED) is 0.511. The van der Waals surface area contributed by atoms with Crippen LogP contribution in [-0.2, 0) is 10.0 Å². The van der Waals surface area contributed by atoms with Crippen molar-refractivity contribution in [3.05, 3.63) is 78.0 Å². The number of carbonyl (C=O) groups excluding carboxylic acids is 1. The highest BCUT2D eigenvalue weighted by Crippen LogP contribution is 2.19. The Labute approximate surface area is 172 Å². The number of aromatic nitrogens is 4. The van der Waals surface area contributed by atoms with Crippen LogP contribution in [0.4, 0.5) is 11.6 Å². The number of carbonyl (C=O) groups is 1. The first-order valence-corrected chi connectivity index (χ1v) is 10.5. The summed E-state index contributed by atoms with van der Waals surface area (Å²) in [7, 11) is -3.84. The van der Waals surface area contributed by atoms with Crippen molar-refractivity contribution in [1.29, 1.82) is 0 Å². The summed E-state index contributed by atoms with van der Waals surface area (Å²) < 4.78 is 28.9. The molecule has 0 aliphatic heterocycles. The van der Waals surface area contributed by atoms with Crippen LogP contribution < -0.4 is 10.0 Å². The van der Waals surface area contributed by atoms with E-state index in [4.69, 9.17) is 0 Å². The van der Waals surface area contributed by atoms with Crippen LogP contribution in [0.5, 0.6) is 0 Å². The number of fused-ring (bicyclic) bond motifs is 1. The number of hydrogen-bond acceptors (Lipinski definition) is 6. The fraction of sp³-hybridized carbons (Fsp3) is 0.100. The maximum atomic E-state index is 12.8. The minimum atomic E-state index is -3.84. The Bertz CT molecular complexity index is 1330. The van der Waals surface area contributed by atoms with E-state index in [1.807, 2.05) is 19.1 Å². The lowest BCUT2D eigenvalue weighted by Crippen LogP contribution is -2.17. The summed E-state index contributed by atoms with van der Waals surface area (Å²) in [5.74, 6) is -0.356. The molecule has 10 heteroatoms. The van der Waals surface area contributed by atoms with Crippen LogP contribution >= 0.6 is 0 Å². The number of rotatable bonds is 5. The molecule has 0 spiro atoms. The van der Waals surface area contributed by atoms with Crippen molar-refractivity contribution in [2.24, 2.45) is 0 Å². The molecule has 3 aromatic heterocycles. The van der Waals surface area contributed by atoms with Crippen molar-refractivity contribution in [2.45, 2.75) is 18.7 Å². The number of hydrogen-bond donors (Lipinski definition) is 2. The first-order valence-electron chi connectivity index (χ1n) is 9.01. The Hall–Kier alpha value is -3.79. The summed E-state index contributed by atoms with van der Waals surface area (Å²) >= 11 is 0. The molecule has 0 atom stereocenters. The highest BCUT2D eigenvalue weighted by atomic mass is 32.2. The lowest BCUT2D eigenvalue weighted by molar-refractivity contribution is 0.102. The van der Waals surface area contributed by atoms with E-state index in [-0.39, 0.29) is 16.8 Å². The molecule has 0 fully saturated rings. The molecule has 9 nitrogen and oxygen atoms in total. The Morgan fingerprint density at radius 1 is 1.00 bits per heavy atom. The molecule has 152 valence electrons. The van der Waals surface area contributed by atoms with Crippen LogP contribution in [-0.4, -0.2) is 33.7 Å². The zero-order valence-corrected chi connectivity index (χ0v) is 17.0. The lowest BCUT2D eigenvalue weighted by Gasteiger charge is -2.09. The highest BCUT2D eigenvalue weighted by Gasteiger charge is 2.19. The zero-order valence-electron chi connectivity index (χ0n) is 16.2. The normalized spacial score (nSPS) is 11.4. The molecular formula is C20H18N6O3S. The smallest absolute Gasteiger partial charge is 0.274 e. The van der Waals surface area contributed by atoms with Crippen molar-refractivity contribution in [2.75, 3.05) is 10.0 Å². The Morgan fingerprint density at radius 3 is 2.40 bits per heavy atom. The van der Waals surface area contributed by atoms with E-state index < -0.39 is 10.0 Å². The molecule has 0 bridgehead atoms. The number of aryl methyl sites for hydroxylation is 2. The van der Waals surface area contributed by atoms with Crippen LogP contribution in [0.15, 0.2) is 66.0 Å². The zero-order chi connectivity index (χ0) is 21.3. The van der Waals surface area contributed by atoms with E-state index in [1.54, 1.807) is 23.6 Å². The van der Waals surface area contributed by atoms with Crippen molar-refractivity contribution < 1.29 is 13.2 Å². The van der Waals surface area contributed by atoms with Gasteiger partial charge in [0.15, 0.2) is 0 Å². The molecule has 0 unspecified atom stereocenters. The number of anilines is 2. The van der Waals surface area contributed by atoms with E-state index in [0.717, 1.165) is 11.2 Å². The maximum Gasteiger partial charge on any atom is 0.274 e. The van der Waals surface area contributed by atoms with Crippen LogP contribution in [0.1, 0.15) is 21.7 Å². The topological polar surface area (TPSA) is 118 Å². The van der Waals surface area contributed by atoms with E-state index >= 15 is 0 Å². The van der Waals surface area contributed by atoms with Crippen molar-refractivity contribution in [1.82, 2.24) is 19.4 Å². The minimum Gasteiger partial charge on any atom is -0.321 e. The van der Waals surface area contributed by atoms with E-state index in [0.29, 0.717) is 17.1 Å². The number of amides is 1. The van der Waals surface area contributed by atoms with Gasteiger partial charge in [-0.15, -0.1) is 0 Å². The summed E-state index contributed by atoms with van der Waals surface area (Å²) in [5, 5.41) is 2.79. The summed E-state index contributed by atoms with van der Waals surface area (Å²) in [5.41, 5.74) is 3.16. The third-order valence-electron chi connectivity index (χ3n) is 4.45. The Kier molecular flexibility index (Phi) is 4.92. The molecule has 1 amide bonds. The van der Waals surface area contributed by atoms with Crippen LogP contribution in [0.3, 0.4) is 0 Å². The molecule has 0 radical (unpaired) electrons. The van der Waals surface area contributed by atoms with E-state index in [2.05, 4.69) is 25.0 Å². The number of pyridine rings is 1. The molecule has 4 rings (SSSR count). The predicted octanol–water partition coefficient (Wildman–Crippen LogP) is 2.79. The van der Waals surface area contributed by atoms with Gasteiger partial charge in [0.2, 0.25) is 5.95 Å². The average Bonchev–Trinajstić information content (AvgIpc) is 3.06. The van der Waals surface area contributed by atoms with Gasteiger partial charge in [-0.3, -0.25) is 9.20 Å². The molecular weight excluding hydrogens is 404 g/mol. The molecule has 0 aliphatic rings. The second-order valence-corrected chi connectivity index (χ2v) is 8.27. The number of nitrogens with one attached hydrogen (secondary N) is 2. The van der Waals surface area contributed by atoms with Crippen LogP contribution in [0.25, 0.3) is 5.65 Å². The van der Waals surface area contributed by atoms with E-state index in [9.17, 15) is 13.2 Å². The number of benzene rings is 1. The highest BCUT2D eigenvalue weighted by molar-refractivity contribution is 7.92. The monoisotopic (exact) mass is 422 g/mol. The lowest BCUT2D eigenvalue weighted by atomic mass is 10.2. The first-order chi connectivity index (χ1) is 14.3. The molecule has 2 N–H and O–H groups in total. The van der Waals surface area contributed by atoms with Gasteiger partial charge in [0, 0.05) is 24.3 Å². The number of nitrogens with zero attached hydrogens (tertiary/aromatic N) is 4. The maximum absolute atomic E-state index is 12.8. The molecule has 0 saturated carbocycles. The van der Waals surface area contributed by atoms with E-state index in [1.165, 1.54) is 36.7 Å². The number of sulfonamides is 1. The average molecular weight is 422 g/mol. The SMILES string of the molecule is Cc1nc2c(C)cccn2c1C(=O)Nc1ccc(S(=O)(=O)Nc2ncccn2)cc1. The molecule has 1 aromatic carbocycles. The molecule has 3 heterocycles. The third kappa shape index (κ3) is 3.72. The van der Waals surface area contributed by atoms with Gasteiger partial charge in [0.05, 0.1) is 10.6 Å². The predicted molar refractivity (Wildman–Crippen MR) is 112 cm³/mol. The van der Waals surface area contributed by atoms with Gasteiger partial charge < -0.3 is 5.32 Å². The first kappa shape index (κ1) is 19.5. The van der Waals surface area contributed by atoms with Crippen molar-refractivity contribution in [3.63, 3.8) is 0 Å². The van der Waals surface area contributed by atoms with Gasteiger partial charge in [-0.25, -0.2) is 28.1 Å². The second kappa shape index (κ2) is 7.56. The molecule has 0 aliphatic carbocycles. The van der Waals surface area contributed by atoms with Gasteiger partial charge >= 0.3 is 0 Å². The summed E-state index contributed by atoms with van der Waals surface area (Å²) in [6.45, 7) is 3.70. The molecule has 4 aromatic rings. The summed E-state index contributed by atoms with van der Waals surface area (Å²) in [4.78, 5) is 25.0. The van der Waals surface area contributed by atoms with Gasteiger partial charge in [0.1, 0.15) is 11.3 Å². The van der Waals surface area contributed by atoms with Gasteiger partial charge in [-0.05, 0) is 55.8 Å². The Balaban J connectivity index is 1.55. The number of imidazole rings is 1. The van der Waals surface area contributed by atoms with Gasteiger partial charge in [0.25, 0.3) is 15.9 Å². The standard InChI is InChI=1S/C20H18N6O3S/c1-13-5-3-12-26-17(14(2)23-18(13)26)19(27)24-15-6-8-16(9-7-15)30(28,29)25-20-21-10-4-11-22-20/h3-12H,1-2H3,(H,24,27)(H,21,22,25). The minimum absolute atomic E-state index is 0.0201. The fourth-order valence-corrected chi connectivity index (χ4v) is 3.99. The molecule has 0 saturated heterocycles. The molecule has 30 heavy (non-hydrogen) atoms.